The molecule has 0 N–H and O–H groups in total. The molecule has 0 radical (unpaired) electrons. The van der Waals surface area contributed by atoms with Gasteiger partial charge in [0.15, 0.2) is 0 Å². The molecule has 1 aromatic rings. The first kappa shape index (κ1) is 10.2. The molecule has 0 saturated carbocycles. The Morgan fingerprint density at radius 2 is 2.42 bits per heavy atom. The molecule has 5 heteroatoms. The van der Waals surface area contributed by atoms with Gasteiger partial charge in [0.05, 0.1) is 5.69 Å². The zero-order chi connectivity index (χ0) is 9.14. The Labute approximate surface area is 87.9 Å². The van der Waals surface area contributed by atoms with Crippen molar-refractivity contribution in [3.05, 3.63) is 10.6 Å². The first-order valence-corrected chi connectivity index (χ1v) is 6.25. The van der Waals surface area contributed by atoms with E-state index in [9.17, 15) is 4.79 Å². The third kappa shape index (κ3) is 2.08. The van der Waals surface area contributed by atoms with Gasteiger partial charge in [-0.1, -0.05) is 27.7 Å². The van der Waals surface area contributed by atoms with Gasteiger partial charge < -0.3 is 4.79 Å². The molecule has 2 nitrogen and oxygen atoms in total. The van der Waals surface area contributed by atoms with Crippen LogP contribution in [0.15, 0.2) is 4.34 Å². The molecule has 0 fully saturated rings. The maximum absolute atomic E-state index is 10.5. The smallest absolute Gasteiger partial charge is 0.150 e. The van der Waals surface area contributed by atoms with Crippen LogP contribution in [-0.2, 0) is 4.79 Å². The number of carbonyl (C=O) groups is 1. The highest BCUT2D eigenvalue weighted by Crippen LogP contribution is 2.33. The number of thiazole rings is 1. The number of nitrogens with zero attached hydrogens (tertiary/aromatic N) is 1. The van der Waals surface area contributed by atoms with Crippen LogP contribution in [-0.4, -0.2) is 17.5 Å². The van der Waals surface area contributed by atoms with Crippen molar-refractivity contribution in [1.29, 1.82) is 0 Å². The molecule has 0 aromatic carbocycles. The molecule has 0 bridgehead atoms. The molecule has 1 unspecified atom stereocenters. The summed E-state index contributed by atoms with van der Waals surface area (Å²) in [7, 11) is 0. The number of halogens is 1. The van der Waals surface area contributed by atoms with Crippen molar-refractivity contribution < 1.29 is 4.79 Å². The fraction of sp³-hybridized carbons (Fsp3) is 0.429. The van der Waals surface area contributed by atoms with Crippen molar-refractivity contribution in [3.63, 3.8) is 0 Å². The Bertz CT molecular complexity index is 287. The van der Waals surface area contributed by atoms with E-state index in [2.05, 4.69) is 20.9 Å². The van der Waals surface area contributed by atoms with Gasteiger partial charge in [-0.3, -0.25) is 0 Å². The van der Waals surface area contributed by atoms with Gasteiger partial charge in [-0.15, -0.1) is 11.3 Å². The molecule has 0 aliphatic heterocycles. The van der Waals surface area contributed by atoms with Gasteiger partial charge in [0.25, 0.3) is 0 Å². The van der Waals surface area contributed by atoms with Gasteiger partial charge in [0.2, 0.25) is 0 Å². The quantitative estimate of drug-likeness (QED) is 0.478. The summed E-state index contributed by atoms with van der Waals surface area (Å²) < 4.78 is 1.01. The van der Waals surface area contributed by atoms with Crippen LogP contribution in [0.2, 0.25) is 0 Å². The van der Waals surface area contributed by atoms with E-state index in [1.165, 1.54) is 0 Å². The predicted molar refractivity (Wildman–Crippen MR) is 56.4 cm³/mol. The summed E-state index contributed by atoms with van der Waals surface area (Å²) in [5.41, 5.74) is 0.943. The summed E-state index contributed by atoms with van der Waals surface area (Å²) in [5, 5.41) is 0. The van der Waals surface area contributed by atoms with Gasteiger partial charge in [-0.25, -0.2) is 4.98 Å². The van der Waals surface area contributed by atoms with E-state index in [0.717, 1.165) is 21.2 Å². The van der Waals surface area contributed by atoms with E-state index < -0.39 is 0 Å². The van der Waals surface area contributed by atoms with Crippen LogP contribution >= 0.6 is 39.0 Å². The van der Waals surface area contributed by atoms with E-state index in [1.807, 2.05) is 13.2 Å². The number of alkyl halides is 1. The number of thioether (sulfide) groups is 1. The van der Waals surface area contributed by atoms with Crippen LogP contribution in [0.25, 0.3) is 0 Å². The van der Waals surface area contributed by atoms with E-state index in [-0.39, 0.29) is 4.83 Å². The minimum absolute atomic E-state index is 0.198. The first-order valence-electron chi connectivity index (χ1n) is 3.29. The van der Waals surface area contributed by atoms with Crippen LogP contribution in [0.1, 0.15) is 15.4 Å². The van der Waals surface area contributed by atoms with Crippen molar-refractivity contribution in [2.75, 3.05) is 6.26 Å². The first-order chi connectivity index (χ1) is 5.69. The lowest BCUT2D eigenvalue weighted by Gasteiger charge is -1.95. The molecular formula is C7H8BrNOS2. The van der Waals surface area contributed by atoms with Crippen molar-refractivity contribution in [3.8, 4) is 0 Å². The molecule has 1 aromatic heterocycles. The molecule has 12 heavy (non-hydrogen) atoms. The lowest BCUT2D eigenvalue weighted by molar-refractivity contribution is -0.107. The van der Waals surface area contributed by atoms with Crippen LogP contribution in [0.5, 0.6) is 0 Å². The second-order valence-corrected chi connectivity index (χ2v) is 5.24. The topological polar surface area (TPSA) is 30.0 Å². The molecule has 0 aliphatic rings. The fourth-order valence-corrected chi connectivity index (χ4v) is 2.96. The second kappa shape index (κ2) is 4.39. The third-order valence-electron chi connectivity index (χ3n) is 1.36. The SMILES string of the molecule is CSc1nc(C)c(C(Br)C=O)s1. The monoisotopic (exact) mass is 265 g/mol. The summed E-state index contributed by atoms with van der Waals surface area (Å²) in [6.45, 7) is 1.92. The van der Waals surface area contributed by atoms with Crippen molar-refractivity contribution in [2.24, 2.45) is 0 Å². The highest BCUT2D eigenvalue weighted by molar-refractivity contribution is 9.09. The number of hydrogen-bond donors (Lipinski definition) is 0. The average molecular weight is 266 g/mol. The minimum Gasteiger partial charge on any atom is -0.302 e. The molecule has 0 saturated heterocycles. The van der Waals surface area contributed by atoms with Crippen LogP contribution in [0, 0.1) is 6.92 Å². The summed E-state index contributed by atoms with van der Waals surface area (Å²) >= 11 is 6.44. The molecule has 66 valence electrons. The Kier molecular flexibility index (Phi) is 3.74. The maximum atomic E-state index is 10.5. The molecule has 1 heterocycles. The number of hydrogen-bond acceptors (Lipinski definition) is 4. The van der Waals surface area contributed by atoms with Crippen molar-refractivity contribution in [1.82, 2.24) is 4.98 Å². The summed E-state index contributed by atoms with van der Waals surface area (Å²) in [6.07, 6.45) is 2.86. The Balaban J connectivity index is 2.98. The van der Waals surface area contributed by atoms with Gasteiger partial charge in [0.1, 0.15) is 15.5 Å². The minimum atomic E-state index is -0.198. The van der Waals surface area contributed by atoms with E-state index in [4.69, 9.17) is 0 Å². The standard InChI is InChI=1S/C7H8BrNOS2/c1-4-6(5(8)3-10)12-7(9-4)11-2/h3,5H,1-2H3. The maximum Gasteiger partial charge on any atom is 0.150 e. The third-order valence-corrected chi connectivity index (χ3v) is 4.56. The zero-order valence-electron chi connectivity index (χ0n) is 6.70. The molecule has 1 rings (SSSR count). The number of carbonyl (C=O) groups excluding carboxylic acids is 1. The summed E-state index contributed by atoms with van der Waals surface area (Å²) in [6, 6.07) is 0. The Morgan fingerprint density at radius 1 is 1.75 bits per heavy atom. The van der Waals surface area contributed by atoms with Gasteiger partial charge in [0, 0.05) is 4.88 Å². The Hall–Kier alpha value is 0.130. The number of aryl methyl sites for hydroxylation is 1. The highest BCUT2D eigenvalue weighted by Gasteiger charge is 2.14. The lowest BCUT2D eigenvalue weighted by Crippen LogP contribution is -1.88. The fourth-order valence-electron chi connectivity index (χ4n) is 0.788. The molecule has 0 aliphatic carbocycles. The second-order valence-electron chi connectivity index (χ2n) is 2.17. The summed E-state index contributed by atoms with van der Waals surface area (Å²) in [5.74, 6) is 0. The van der Waals surface area contributed by atoms with Gasteiger partial charge in [-0.05, 0) is 13.2 Å². The average Bonchev–Trinajstić information content (AvgIpc) is 2.45. The number of aldehydes is 1. The number of rotatable bonds is 3. The van der Waals surface area contributed by atoms with Crippen LogP contribution < -0.4 is 0 Å². The van der Waals surface area contributed by atoms with Gasteiger partial charge >= 0.3 is 0 Å². The molecule has 1 atom stereocenters. The largest absolute Gasteiger partial charge is 0.302 e. The Morgan fingerprint density at radius 3 is 2.83 bits per heavy atom. The van der Waals surface area contributed by atoms with E-state index >= 15 is 0 Å². The van der Waals surface area contributed by atoms with E-state index in [1.54, 1.807) is 23.1 Å². The zero-order valence-corrected chi connectivity index (χ0v) is 9.92. The van der Waals surface area contributed by atoms with E-state index in [0.29, 0.717) is 0 Å². The number of aromatic nitrogens is 1. The highest BCUT2D eigenvalue weighted by atomic mass is 79.9. The van der Waals surface area contributed by atoms with Gasteiger partial charge in [-0.2, -0.15) is 0 Å². The molecule has 0 amide bonds. The summed E-state index contributed by atoms with van der Waals surface area (Å²) in [4.78, 5) is 15.6. The van der Waals surface area contributed by atoms with Crippen LogP contribution in [0.4, 0.5) is 0 Å². The normalized spacial score (nSPS) is 12.9. The van der Waals surface area contributed by atoms with Crippen molar-refractivity contribution in [2.45, 2.75) is 16.1 Å². The molecule has 0 spiro atoms. The lowest BCUT2D eigenvalue weighted by atomic mass is 10.3. The van der Waals surface area contributed by atoms with Crippen molar-refractivity contribution >= 4 is 45.3 Å². The van der Waals surface area contributed by atoms with Crippen LogP contribution in [0.3, 0.4) is 0 Å². The predicted octanol–water partition coefficient (Wildman–Crippen LogP) is 2.81. The molecular weight excluding hydrogens is 258 g/mol.